The Labute approximate surface area is 121 Å². The van der Waals surface area contributed by atoms with Gasteiger partial charge < -0.3 is 10.2 Å². The van der Waals surface area contributed by atoms with Gasteiger partial charge in [0, 0.05) is 12.1 Å². The molecular weight excluding hydrogens is 248 g/mol. The third-order valence-corrected chi connectivity index (χ3v) is 4.44. The summed E-state index contributed by atoms with van der Waals surface area (Å²) in [6.45, 7) is 3.77. The second-order valence-electron chi connectivity index (χ2n) is 6.05. The van der Waals surface area contributed by atoms with Crippen molar-refractivity contribution in [3.8, 4) is 0 Å². The van der Waals surface area contributed by atoms with Crippen LogP contribution in [0.4, 0.5) is 5.69 Å². The van der Waals surface area contributed by atoms with Gasteiger partial charge in [0.2, 0.25) is 5.91 Å². The lowest BCUT2D eigenvalue weighted by Crippen LogP contribution is -2.20. The molecule has 20 heavy (non-hydrogen) atoms. The molecule has 0 aromatic heterocycles. The van der Waals surface area contributed by atoms with Crippen LogP contribution in [-0.2, 0) is 17.6 Å². The van der Waals surface area contributed by atoms with Gasteiger partial charge >= 0.3 is 0 Å². The van der Waals surface area contributed by atoms with Crippen LogP contribution in [0.15, 0.2) is 18.2 Å². The van der Waals surface area contributed by atoms with E-state index in [1.54, 1.807) is 0 Å². The quantitative estimate of drug-likeness (QED) is 0.914. The number of amides is 1. The molecule has 1 saturated heterocycles. The Balaban J connectivity index is 1.58. The zero-order valence-corrected chi connectivity index (χ0v) is 12.2. The highest BCUT2D eigenvalue weighted by Gasteiger charge is 2.13. The molecule has 1 amide bonds. The predicted molar refractivity (Wildman–Crippen MR) is 82.0 cm³/mol. The van der Waals surface area contributed by atoms with Gasteiger partial charge in [-0.25, -0.2) is 0 Å². The molecule has 2 heterocycles. The normalized spacial score (nSPS) is 19.5. The van der Waals surface area contributed by atoms with Gasteiger partial charge in [-0.3, -0.25) is 4.79 Å². The molecule has 2 aliphatic rings. The van der Waals surface area contributed by atoms with Crippen LogP contribution in [0.3, 0.4) is 0 Å². The van der Waals surface area contributed by atoms with E-state index >= 15 is 0 Å². The van der Waals surface area contributed by atoms with Gasteiger partial charge in [-0.05, 0) is 75.4 Å². The number of aryl methyl sites for hydroxylation is 2. The van der Waals surface area contributed by atoms with Gasteiger partial charge in [-0.1, -0.05) is 12.1 Å². The van der Waals surface area contributed by atoms with E-state index in [-0.39, 0.29) is 5.91 Å². The number of benzene rings is 1. The summed E-state index contributed by atoms with van der Waals surface area (Å²) in [6.07, 6.45) is 7.69. The van der Waals surface area contributed by atoms with Crippen molar-refractivity contribution in [3.63, 3.8) is 0 Å². The highest BCUT2D eigenvalue weighted by molar-refractivity contribution is 5.92. The lowest BCUT2D eigenvalue weighted by molar-refractivity contribution is -0.116. The van der Waals surface area contributed by atoms with Crippen molar-refractivity contribution in [2.24, 2.45) is 0 Å². The van der Waals surface area contributed by atoms with Gasteiger partial charge in [-0.15, -0.1) is 0 Å². The molecule has 0 bridgehead atoms. The average Bonchev–Trinajstić information content (AvgIpc) is 2.87. The minimum absolute atomic E-state index is 0.165. The van der Waals surface area contributed by atoms with Crippen LogP contribution < -0.4 is 5.32 Å². The summed E-state index contributed by atoms with van der Waals surface area (Å²) in [4.78, 5) is 14.2. The second-order valence-corrected chi connectivity index (χ2v) is 6.05. The average molecular weight is 272 g/mol. The molecule has 3 rings (SSSR count). The van der Waals surface area contributed by atoms with Crippen LogP contribution >= 0.6 is 0 Å². The summed E-state index contributed by atoms with van der Waals surface area (Å²) < 4.78 is 0. The summed E-state index contributed by atoms with van der Waals surface area (Å²) in [5, 5.41) is 3.04. The largest absolute Gasteiger partial charge is 0.326 e. The number of hydrogen-bond donors (Lipinski definition) is 1. The molecule has 108 valence electrons. The molecule has 0 spiro atoms. The maximum atomic E-state index is 11.6. The van der Waals surface area contributed by atoms with Crippen LogP contribution in [0.1, 0.15) is 43.2 Å². The van der Waals surface area contributed by atoms with E-state index < -0.39 is 0 Å². The molecule has 0 radical (unpaired) electrons. The SMILES string of the molecule is O=C1CCCc2ccc(CCCN3CCCC3)cc2N1. The van der Waals surface area contributed by atoms with E-state index in [9.17, 15) is 4.79 Å². The third kappa shape index (κ3) is 3.40. The van der Waals surface area contributed by atoms with Crippen LogP contribution in [0.25, 0.3) is 0 Å². The molecular formula is C17H24N2O. The van der Waals surface area contributed by atoms with Gasteiger partial charge in [-0.2, -0.15) is 0 Å². The number of anilines is 1. The Morgan fingerprint density at radius 3 is 2.80 bits per heavy atom. The van der Waals surface area contributed by atoms with Crippen LogP contribution in [0.5, 0.6) is 0 Å². The van der Waals surface area contributed by atoms with Crippen molar-refractivity contribution >= 4 is 11.6 Å². The highest BCUT2D eigenvalue weighted by Crippen LogP contribution is 2.24. The fourth-order valence-corrected chi connectivity index (χ4v) is 3.28. The van der Waals surface area contributed by atoms with Gasteiger partial charge in [0.05, 0.1) is 0 Å². The second kappa shape index (κ2) is 6.40. The van der Waals surface area contributed by atoms with E-state index in [2.05, 4.69) is 28.4 Å². The Bertz CT molecular complexity index is 478. The number of rotatable bonds is 4. The Kier molecular flexibility index (Phi) is 4.36. The zero-order chi connectivity index (χ0) is 13.8. The molecule has 3 nitrogen and oxygen atoms in total. The Hall–Kier alpha value is -1.35. The number of fused-ring (bicyclic) bond motifs is 1. The number of nitrogens with zero attached hydrogens (tertiary/aromatic N) is 1. The molecule has 0 unspecified atom stereocenters. The number of carbonyl (C=O) groups is 1. The fraction of sp³-hybridized carbons (Fsp3) is 0.588. The van der Waals surface area contributed by atoms with Crippen LogP contribution in [0.2, 0.25) is 0 Å². The van der Waals surface area contributed by atoms with Crippen LogP contribution in [0, 0.1) is 0 Å². The topological polar surface area (TPSA) is 32.3 Å². The van der Waals surface area contributed by atoms with E-state index in [1.807, 2.05) is 0 Å². The van der Waals surface area contributed by atoms with Gasteiger partial charge in [0.25, 0.3) is 0 Å². The molecule has 2 aliphatic heterocycles. The van der Waals surface area contributed by atoms with Crippen molar-refractivity contribution in [3.05, 3.63) is 29.3 Å². The molecule has 0 atom stereocenters. The first kappa shape index (κ1) is 13.6. The minimum Gasteiger partial charge on any atom is -0.326 e. The van der Waals surface area contributed by atoms with Crippen molar-refractivity contribution < 1.29 is 4.79 Å². The predicted octanol–water partition coefficient (Wildman–Crippen LogP) is 2.99. The van der Waals surface area contributed by atoms with Crippen molar-refractivity contribution in [2.75, 3.05) is 25.0 Å². The molecule has 0 aliphatic carbocycles. The summed E-state index contributed by atoms with van der Waals surface area (Å²) in [6, 6.07) is 6.62. The number of carbonyl (C=O) groups excluding carboxylic acids is 1. The molecule has 3 heteroatoms. The number of likely N-dealkylation sites (tertiary alicyclic amines) is 1. The highest BCUT2D eigenvalue weighted by atomic mass is 16.1. The van der Waals surface area contributed by atoms with E-state index in [1.165, 1.54) is 50.0 Å². The van der Waals surface area contributed by atoms with E-state index in [0.29, 0.717) is 6.42 Å². The maximum Gasteiger partial charge on any atom is 0.224 e. The zero-order valence-electron chi connectivity index (χ0n) is 12.2. The lowest BCUT2D eigenvalue weighted by atomic mass is 10.0. The molecule has 1 fully saturated rings. The van der Waals surface area contributed by atoms with Crippen molar-refractivity contribution in [1.82, 2.24) is 4.90 Å². The molecule has 0 saturated carbocycles. The molecule has 1 aromatic carbocycles. The van der Waals surface area contributed by atoms with Gasteiger partial charge in [0.15, 0.2) is 0 Å². The first-order valence-corrected chi connectivity index (χ1v) is 7.95. The van der Waals surface area contributed by atoms with E-state index in [0.717, 1.165) is 24.9 Å². The maximum absolute atomic E-state index is 11.6. The Morgan fingerprint density at radius 1 is 1.10 bits per heavy atom. The monoisotopic (exact) mass is 272 g/mol. The lowest BCUT2D eigenvalue weighted by Gasteiger charge is -2.14. The standard InChI is InChI=1S/C17H24N2O/c20-17-7-3-6-15-9-8-14(13-16(15)18-17)5-4-12-19-10-1-2-11-19/h8-9,13H,1-7,10-12H2,(H,18,20). The summed E-state index contributed by atoms with van der Waals surface area (Å²) in [5.41, 5.74) is 3.69. The van der Waals surface area contributed by atoms with Crippen molar-refractivity contribution in [1.29, 1.82) is 0 Å². The Morgan fingerprint density at radius 2 is 1.95 bits per heavy atom. The summed E-state index contributed by atoms with van der Waals surface area (Å²) in [7, 11) is 0. The number of hydrogen-bond acceptors (Lipinski definition) is 2. The summed E-state index contributed by atoms with van der Waals surface area (Å²) >= 11 is 0. The van der Waals surface area contributed by atoms with Crippen LogP contribution in [-0.4, -0.2) is 30.4 Å². The first-order chi connectivity index (χ1) is 9.81. The number of nitrogens with one attached hydrogen (secondary N) is 1. The fourth-order valence-electron chi connectivity index (χ4n) is 3.28. The van der Waals surface area contributed by atoms with Gasteiger partial charge in [0.1, 0.15) is 0 Å². The van der Waals surface area contributed by atoms with E-state index in [4.69, 9.17) is 0 Å². The van der Waals surface area contributed by atoms with Crippen molar-refractivity contribution in [2.45, 2.75) is 44.9 Å². The summed E-state index contributed by atoms with van der Waals surface area (Å²) in [5.74, 6) is 0.165. The first-order valence-electron chi connectivity index (χ1n) is 7.95. The third-order valence-electron chi connectivity index (χ3n) is 4.44. The minimum atomic E-state index is 0.165. The molecule has 1 aromatic rings. The molecule has 1 N–H and O–H groups in total. The smallest absolute Gasteiger partial charge is 0.224 e.